The van der Waals surface area contributed by atoms with Gasteiger partial charge in [-0.25, -0.2) is 0 Å². The Hall–Kier alpha value is -1.44. The first-order chi connectivity index (χ1) is 10.2. The van der Waals surface area contributed by atoms with Crippen molar-refractivity contribution in [1.82, 2.24) is 9.80 Å². The van der Waals surface area contributed by atoms with E-state index in [4.69, 9.17) is 0 Å². The molecule has 1 aliphatic heterocycles. The smallest absolute Gasteiger partial charge is 0.105 e. The lowest BCUT2D eigenvalue weighted by Crippen LogP contribution is -2.43. The van der Waals surface area contributed by atoms with Crippen molar-refractivity contribution in [2.45, 2.75) is 65.1 Å². The average molecular weight is 286 g/mol. The van der Waals surface area contributed by atoms with Gasteiger partial charge in [-0.05, 0) is 25.8 Å². The molecule has 0 aliphatic carbocycles. The van der Waals surface area contributed by atoms with Crippen LogP contribution in [-0.2, 0) is 6.42 Å². The summed E-state index contributed by atoms with van der Waals surface area (Å²) in [6, 6.07) is 11.4. The van der Waals surface area contributed by atoms with Crippen LogP contribution in [0.4, 0.5) is 0 Å². The monoisotopic (exact) mass is 286 g/mol. The number of unbranched alkanes of at least 4 members (excludes halogenated alkanes) is 3. The van der Waals surface area contributed by atoms with Gasteiger partial charge in [-0.15, -0.1) is 0 Å². The van der Waals surface area contributed by atoms with Gasteiger partial charge in [-0.1, -0.05) is 56.5 Å². The summed E-state index contributed by atoms with van der Waals surface area (Å²) >= 11 is 0. The first-order valence-corrected chi connectivity index (χ1v) is 8.47. The van der Waals surface area contributed by atoms with Crippen LogP contribution in [0.5, 0.6) is 0 Å². The quantitative estimate of drug-likeness (QED) is 0.643. The van der Waals surface area contributed by atoms with E-state index in [-0.39, 0.29) is 0 Å². The normalized spacial score (nSPS) is 18.0. The van der Waals surface area contributed by atoms with E-state index >= 15 is 0 Å². The van der Waals surface area contributed by atoms with E-state index in [0.29, 0.717) is 12.2 Å². The molecule has 21 heavy (non-hydrogen) atoms. The predicted octanol–water partition coefficient (Wildman–Crippen LogP) is 4.63. The third kappa shape index (κ3) is 4.52. The summed E-state index contributed by atoms with van der Waals surface area (Å²) in [5.41, 5.74) is 1.43. The van der Waals surface area contributed by atoms with Crippen molar-refractivity contribution >= 4 is 0 Å². The SMILES string of the molecule is CCCCCCN1C=CN(C(C)C)C1Cc1ccccc1. The van der Waals surface area contributed by atoms with Gasteiger partial charge in [0, 0.05) is 31.4 Å². The van der Waals surface area contributed by atoms with Crippen molar-refractivity contribution in [2.75, 3.05) is 6.54 Å². The van der Waals surface area contributed by atoms with E-state index in [1.807, 2.05) is 0 Å². The second kappa shape index (κ2) is 8.11. The molecule has 1 aliphatic rings. The van der Waals surface area contributed by atoms with E-state index in [0.717, 1.165) is 6.42 Å². The number of hydrogen-bond donors (Lipinski definition) is 0. The van der Waals surface area contributed by atoms with Crippen LogP contribution in [0.2, 0.25) is 0 Å². The molecule has 0 saturated heterocycles. The number of hydrogen-bond acceptors (Lipinski definition) is 2. The zero-order chi connectivity index (χ0) is 15.1. The first-order valence-electron chi connectivity index (χ1n) is 8.47. The maximum atomic E-state index is 2.53. The molecular formula is C19H30N2. The van der Waals surface area contributed by atoms with Crippen molar-refractivity contribution in [3.05, 3.63) is 48.3 Å². The summed E-state index contributed by atoms with van der Waals surface area (Å²) in [7, 11) is 0. The van der Waals surface area contributed by atoms with E-state index in [1.54, 1.807) is 0 Å². The summed E-state index contributed by atoms with van der Waals surface area (Å²) in [5, 5.41) is 0. The van der Waals surface area contributed by atoms with Gasteiger partial charge in [0.15, 0.2) is 0 Å². The third-order valence-corrected chi connectivity index (χ3v) is 4.28. The lowest BCUT2D eigenvalue weighted by atomic mass is 10.1. The van der Waals surface area contributed by atoms with Gasteiger partial charge >= 0.3 is 0 Å². The number of nitrogens with zero attached hydrogens (tertiary/aromatic N) is 2. The summed E-state index contributed by atoms with van der Waals surface area (Å²) < 4.78 is 0. The van der Waals surface area contributed by atoms with Crippen LogP contribution < -0.4 is 0 Å². The van der Waals surface area contributed by atoms with E-state index in [9.17, 15) is 0 Å². The molecule has 1 atom stereocenters. The minimum atomic E-state index is 0.481. The van der Waals surface area contributed by atoms with Crippen LogP contribution in [0.1, 0.15) is 52.0 Å². The average Bonchev–Trinajstić information content (AvgIpc) is 2.88. The summed E-state index contributed by atoms with van der Waals surface area (Å²) in [5.74, 6) is 0. The lowest BCUT2D eigenvalue weighted by Gasteiger charge is -2.35. The van der Waals surface area contributed by atoms with Gasteiger partial charge < -0.3 is 9.80 Å². The second-order valence-corrected chi connectivity index (χ2v) is 6.31. The molecule has 0 amide bonds. The maximum absolute atomic E-state index is 2.53. The second-order valence-electron chi connectivity index (χ2n) is 6.31. The largest absolute Gasteiger partial charge is 0.356 e. The molecule has 0 N–H and O–H groups in total. The summed E-state index contributed by atoms with van der Waals surface area (Å²) in [6.45, 7) is 8.01. The van der Waals surface area contributed by atoms with E-state index in [2.05, 4.69) is 73.3 Å². The molecule has 1 unspecified atom stereocenters. The molecule has 1 aromatic carbocycles. The van der Waals surface area contributed by atoms with Gasteiger partial charge in [0.05, 0.1) is 0 Å². The van der Waals surface area contributed by atoms with E-state index in [1.165, 1.54) is 37.8 Å². The van der Waals surface area contributed by atoms with Crippen LogP contribution in [-0.4, -0.2) is 28.6 Å². The van der Waals surface area contributed by atoms with Crippen molar-refractivity contribution in [3.8, 4) is 0 Å². The molecule has 1 heterocycles. The molecule has 1 aromatic rings. The fourth-order valence-electron chi connectivity index (χ4n) is 3.04. The zero-order valence-electron chi connectivity index (χ0n) is 13.8. The van der Waals surface area contributed by atoms with Crippen molar-refractivity contribution in [1.29, 1.82) is 0 Å². The van der Waals surface area contributed by atoms with Gasteiger partial charge in [0.2, 0.25) is 0 Å². The van der Waals surface area contributed by atoms with Crippen molar-refractivity contribution in [3.63, 3.8) is 0 Å². The fraction of sp³-hybridized carbons (Fsp3) is 0.579. The molecular weight excluding hydrogens is 256 g/mol. The highest BCUT2D eigenvalue weighted by atomic mass is 15.4. The molecule has 0 aromatic heterocycles. The van der Waals surface area contributed by atoms with Crippen LogP contribution in [0, 0.1) is 0 Å². The molecule has 0 spiro atoms. The Kier molecular flexibility index (Phi) is 6.16. The molecule has 2 heteroatoms. The molecule has 0 fully saturated rings. The minimum absolute atomic E-state index is 0.481. The lowest BCUT2D eigenvalue weighted by molar-refractivity contribution is 0.125. The molecule has 0 radical (unpaired) electrons. The van der Waals surface area contributed by atoms with Crippen LogP contribution >= 0.6 is 0 Å². The van der Waals surface area contributed by atoms with Gasteiger partial charge in [-0.3, -0.25) is 0 Å². The summed E-state index contributed by atoms with van der Waals surface area (Å²) in [6.07, 6.45) is 11.5. The zero-order valence-corrected chi connectivity index (χ0v) is 13.8. The Balaban J connectivity index is 1.97. The van der Waals surface area contributed by atoms with Crippen LogP contribution in [0.25, 0.3) is 0 Å². The van der Waals surface area contributed by atoms with Crippen LogP contribution in [0.15, 0.2) is 42.7 Å². The van der Waals surface area contributed by atoms with Gasteiger partial charge in [-0.2, -0.15) is 0 Å². The summed E-state index contributed by atoms with van der Waals surface area (Å²) in [4.78, 5) is 5.02. The Morgan fingerprint density at radius 2 is 1.76 bits per heavy atom. The topological polar surface area (TPSA) is 6.48 Å². The molecule has 2 nitrogen and oxygen atoms in total. The minimum Gasteiger partial charge on any atom is -0.356 e. The third-order valence-electron chi connectivity index (χ3n) is 4.28. The first kappa shape index (κ1) is 15.9. The molecule has 116 valence electrons. The Bertz CT molecular complexity index is 424. The Labute approximate surface area is 130 Å². The van der Waals surface area contributed by atoms with Gasteiger partial charge in [0.25, 0.3) is 0 Å². The van der Waals surface area contributed by atoms with Crippen LogP contribution in [0.3, 0.4) is 0 Å². The highest BCUT2D eigenvalue weighted by Crippen LogP contribution is 2.23. The van der Waals surface area contributed by atoms with Crippen molar-refractivity contribution < 1.29 is 0 Å². The fourth-order valence-corrected chi connectivity index (χ4v) is 3.04. The van der Waals surface area contributed by atoms with Gasteiger partial charge in [0.1, 0.15) is 6.17 Å². The highest BCUT2D eigenvalue weighted by Gasteiger charge is 2.27. The Morgan fingerprint density at radius 1 is 1.00 bits per heavy atom. The molecule has 0 bridgehead atoms. The standard InChI is InChI=1S/C19H30N2/c1-4-5-6-10-13-20-14-15-21(17(2)3)19(20)16-18-11-8-7-9-12-18/h7-9,11-12,14-15,17,19H,4-6,10,13,16H2,1-3H3. The Morgan fingerprint density at radius 3 is 2.43 bits per heavy atom. The van der Waals surface area contributed by atoms with E-state index < -0.39 is 0 Å². The number of rotatable bonds is 8. The number of benzene rings is 1. The predicted molar refractivity (Wildman–Crippen MR) is 90.9 cm³/mol. The molecule has 2 rings (SSSR count). The highest BCUT2D eigenvalue weighted by molar-refractivity contribution is 5.17. The van der Waals surface area contributed by atoms with Crippen molar-refractivity contribution in [2.24, 2.45) is 0 Å². The molecule has 0 saturated carbocycles. The maximum Gasteiger partial charge on any atom is 0.105 e.